The standard InChI is InChI=1S/C11H17F2N3O9P2/c1-5-3-16(10(18)15-9(5)17)8-2-6(14)7(25-8)4-24-27(22,23)11(12,13)26(19,20)21/h3,6-8H,2,4,14H2,1H3,(H,22,23)(H,15,17,18)(H2,19,20,21)/t6-,7?,8?/m1/s1. The smallest absolute Gasteiger partial charge is 0.351 e. The number of H-pyrrole nitrogens is 1. The number of halogens is 2. The van der Waals surface area contributed by atoms with Gasteiger partial charge in [0.1, 0.15) is 6.23 Å². The minimum atomic E-state index is -6.27. The van der Waals surface area contributed by atoms with Crippen LogP contribution in [-0.4, -0.2) is 48.4 Å². The van der Waals surface area contributed by atoms with E-state index in [1.54, 1.807) is 0 Å². The Morgan fingerprint density at radius 3 is 2.56 bits per heavy atom. The van der Waals surface area contributed by atoms with Crippen LogP contribution in [0.1, 0.15) is 18.2 Å². The fourth-order valence-corrected chi connectivity index (χ4v) is 4.30. The molecule has 1 aliphatic heterocycles. The predicted molar refractivity (Wildman–Crippen MR) is 85.3 cm³/mol. The molecule has 0 radical (unpaired) electrons. The highest BCUT2D eigenvalue weighted by Gasteiger charge is 2.65. The molecule has 0 bridgehead atoms. The van der Waals surface area contributed by atoms with Gasteiger partial charge in [-0.3, -0.25) is 23.5 Å². The molecular weight excluding hydrogens is 418 g/mol. The zero-order chi connectivity index (χ0) is 20.8. The maximum atomic E-state index is 13.4. The molecular formula is C11H17F2N3O9P2. The van der Waals surface area contributed by atoms with Gasteiger partial charge >= 0.3 is 26.3 Å². The van der Waals surface area contributed by atoms with Crippen LogP contribution in [0.25, 0.3) is 0 Å². The Labute approximate surface area is 149 Å². The fourth-order valence-electron chi connectivity index (χ4n) is 2.30. The van der Waals surface area contributed by atoms with Crippen LogP contribution in [-0.2, 0) is 18.4 Å². The van der Waals surface area contributed by atoms with Crippen LogP contribution < -0.4 is 17.0 Å². The lowest BCUT2D eigenvalue weighted by Gasteiger charge is -2.24. The van der Waals surface area contributed by atoms with Gasteiger partial charge < -0.3 is 29.7 Å². The van der Waals surface area contributed by atoms with Crippen LogP contribution in [0.4, 0.5) is 8.78 Å². The molecule has 16 heteroatoms. The van der Waals surface area contributed by atoms with Gasteiger partial charge in [-0.1, -0.05) is 0 Å². The second-order valence-corrected chi connectivity index (χ2v) is 9.74. The van der Waals surface area contributed by atoms with E-state index < -0.39 is 56.8 Å². The largest absolute Gasteiger partial charge is 0.443 e. The summed E-state index contributed by atoms with van der Waals surface area (Å²) in [6.07, 6.45) is -1.08. The molecule has 1 saturated heterocycles. The van der Waals surface area contributed by atoms with E-state index in [0.29, 0.717) is 0 Å². The topological polar surface area (TPSA) is 194 Å². The van der Waals surface area contributed by atoms with Gasteiger partial charge in [0.2, 0.25) is 0 Å². The number of hydrogen-bond acceptors (Lipinski definition) is 7. The number of nitrogens with zero attached hydrogens (tertiary/aromatic N) is 1. The van der Waals surface area contributed by atoms with Crippen LogP contribution >= 0.6 is 15.2 Å². The number of aromatic amines is 1. The van der Waals surface area contributed by atoms with Crippen molar-refractivity contribution in [3.05, 3.63) is 32.6 Å². The SMILES string of the molecule is Cc1cn(C2C[C@@H](N)C(COP(=O)(O)C(F)(F)P(=O)(O)O)O2)c(=O)[nH]c1=O. The van der Waals surface area contributed by atoms with Gasteiger partial charge in [-0.15, -0.1) is 0 Å². The third-order valence-corrected chi connectivity index (χ3v) is 7.26. The molecule has 12 nitrogen and oxygen atoms in total. The summed E-state index contributed by atoms with van der Waals surface area (Å²) >= 11 is 0. The van der Waals surface area contributed by atoms with Crippen molar-refractivity contribution in [2.75, 3.05) is 6.61 Å². The zero-order valence-corrected chi connectivity index (χ0v) is 15.5. The Kier molecular flexibility index (Phi) is 5.96. The van der Waals surface area contributed by atoms with Crippen LogP contribution in [0.3, 0.4) is 0 Å². The molecule has 4 atom stereocenters. The Bertz CT molecular complexity index is 926. The van der Waals surface area contributed by atoms with E-state index >= 15 is 0 Å². The van der Waals surface area contributed by atoms with E-state index in [1.165, 1.54) is 13.1 Å². The third kappa shape index (κ3) is 4.28. The first-order valence-electron chi connectivity index (χ1n) is 7.31. The average molecular weight is 435 g/mol. The summed E-state index contributed by atoms with van der Waals surface area (Å²) in [5.74, 6) is 0. The van der Waals surface area contributed by atoms with Crippen molar-refractivity contribution in [2.45, 2.75) is 37.1 Å². The predicted octanol–water partition coefficient (Wildman–Crippen LogP) is -0.610. The lowest BCUT2D eigenvalue weighted by atomic mass is 10.1. The number of alkyl halides is 2. The highest BCUT2D eigenvalue weighted by Crippen LogP contribution is 2.73. The van der Waals surface area contributed by atoms with Crippen molar-refractivity contribution in [1.82, 2.24) is 9.55 Å². The molecule has 1 aromatic heterocycles. The van der Waals surface area contributed by atoms with E-state index in [0.717, 1.165) is 4.57 Å². The number of rotatable bonds is 6. The van der Waals surface area contributed by atoms with E-state index in [-0.39, 0.29) is 12.0 Å². The number of hydrogen-bond donors (Lipinski definition) is 5. The highest BCUT2D eigenvalue weighted by molar-refractivity contribution is 7.72. The summed E-state index contributed by atoms with van der Waals surface area (Å²) in [6, 6.07) is -0.919. The molecule has 0 saturated carbocycles. The van der Waals surface area contributed by atoms with Crippen LogP contribution in [0.2, 0.25) is 0 Å². The van der Waals surface area contributed by atoms with Gasteiger partial charge in [0.15, 0.2) is 0 Å². The lowest BCUT2D eigenvalue weighted by molar-refractivity contribution is -0.0277. The normalized spacial score (nSPS) is 26.1. The monoisotopic (exact) mass is 435 g/mol. The Hall–Kier alpha value is -1.24. The minimum absolute atomic E-state index is 0.0238. The maximum absolute atomic E-state index is 13.4. The molecule has 6 N–H and O–H groups in total. The number of ether oxygens (including phenoxy) is 1. The molecule has 154 valence electrons. The third-order valence-electron chi connectivity index (χ3n) is 3.84. The van der Waals surface area contributed by atoms with Gasteiger partial charge in [-0.25, -0.2) is 4.79 Å². The minimum Gasteiger partial charge on any atom is -0.351 e. The van der Waals surface area contributed by atoms with Crippen molar-refractivity contribution < 1.29 is 41.9 Å². The van der Waals surface area contributed by atoms with Gasteiger partial charge in [0, 0.05) is 24.2 Å². The fraction of sp³-hybridized carbons (Fsp3) is 0.636. The summed E-state index contributed by atoms with van der Waals surface area (Å²) in [6.45, 7) is 0.439. The molecule has 0 aliphatic carbocycles. The quantitative estimate of drug-likeness (QED) is 0.360. The number of nitrogens with one attached hydrogen (secondary N) is 1. The first-order valence-corrected chi connectivity index (χ1v) is 10.5. The molecule has 0 amide bonds. The molecule has 0 spiro atoms. The van der Waals surface area contributed by atoms with Crippen molar-refractivity contribution >= 4 is 15.2 Å². The molecule has 2 rings (SSSR count). The lowest BCUT2D eigenvalue weighted by Crippen LogP contribution is -2.34. The highest BCUT2D eigenvalue weighted by atomic mass is 31.2. The number of aromatic nitrogens is 2. The molecule has 3 unspecified atom stereocenters. The van der Waals surface area contributed by atoms with Crippen LogP contribution in [0.5, 0.6) is 0 Å². The molecule has 1 fully saturated rings. The molecule has 2 heterocycles. The summed E-state index contributed by atoms with van der Waals surface area (Å²) in [4.78, 5) is 51.5. The summed E-state index contributed by atoms with van der Waals surface area (Å²) in [5.41, 5.74) is 4.51. The molecule has 27 heavy (non-hydrogen) atoms. The van der Waals surface area contributed by atoms with Gasteiger partial charge in [0.25, 0.3) is 5.56 Å². The van der Waals surface area contributed by atoms with Crippen molar-refractivity contribution in [3.63, 3.8) is 0 Å². The van der Waals surface area contributed by atoms with E-state index in [4.69, 9.17) is 20.3 Å². The van der Waals surface area contributed by atoms with Crippen molar-refractivity contribution in [2.24, 2.45) is 5.73 Å². The Morgan fingerprint density at radius 2 is 2.00 bits per heavy atom. The van der Waals surface area contributed by atoms with Crippen molar-refractivity contribution in [3.8, 4) is 0 Å². The second-order valence-electron chi connectivity index (χ2n) is 5.88. The average Bonchev–Trinajstić information content (AvgIpc) is 2.88. The Morgan fingerprint density at radius 1 is 1.41 bits per heavy atom. The van der Waals surface area contributed by atoms with E-state index in [1.807, 2.05) is 4.98 Å². The maximum Gasteiger partial charge on any atom is 0.443 e. The first-order chi connectivity index (χ1) is 12.2. The van der Waals surface area contributed by atoms with Gasteiger partial charge in [-0.2, -0.15) is 8.78 Å². The van der Waals surface area contributed by atoms with E-state index in [9.17, 15) is 32.4 Å². The van der Waals surface area contributed by atoms with Gasteiger partial charge in [0.05, 0.1) is 12.7 Å². The molecule has 0 aromatic carbocycles. The van der Waals surface area contributed by atoms with Crippen molar-refractivity contribution in [1.29, 1.82) is 0 Å². The van der Waals surface area contributed by atoms with Crippen LogP contribution in [0.15, 0.2) is 15.8 Å². The first kappa shape index (κ1) is 22.1. The van der Waals surface area contributed by atoms with Crippen LogP contribution in [0, 0.1) is 6.92 Å². The zero-order valence-electron chi connectivity index (χ0n) is 13.7. The Balaban J connectivity index is 2.13. The summed E-state index contributed by atoms with van der Waals surface area (Å²) < 4.78 is 59.5. The summed E-state index contributed by atoms with van der Waals surface area (Å²) in [7, 11) is -12.3. The second kappa shape index (κ2) is 7.30. The molecule has 1 aromatic rings. The summed E-state index contributed by atoms with van der Waals surface area (Å²) in [5, 5.41) is -5.31. The molecule has 1 aliphatic rings. The van der Waals surface area contributed by atoms with Gasteiger partial charge in [-0.05, 0) is 6.92 Å². The number of nitrogens with two attached hydrogens (primary N) is 1. The number of aryl methyl sites for hydroxylation is 1. The van der Waals surface area contributed by atoms with E-state index in [2.05, 4.69) is 4.52 Å².